The van der Waals surface area contributed by atoms with Crippen LogP contribution in [-0.4, -0.2) is 69.1 Å². The fraction of sp³-hybridized carbons (Fsp3) is 0.194. The van der Waals surface area contributed by atoms with Gasteiger partial charge >= 0.3 is 18.0 Å². The van der Waals surface area contributed by atoms with E-state index in [2.05, 4.69) is 15.6 Å². The van der Waals surface area contributed by atoms with Gasteiger partial charge in [-0.05, 0) is 34.9 Å². The van der Waals surface area contributed by atoms with Gasteiger partial charge in [-0.2, -0.15) is 0 Å². The molecule has 0 aliphatic carbocycles. The smallest absolute Gasteiger partial charge is 0.411 e. The number of aromatic amines is 1. The lowest BCUT2D eigenvalue weighted by atomic mass is 10.1. The number of nitrogens with zero attached hydrogens (tertiary/aromatic N) is 1. The number of carbonyl (C=O) groups is 5. The summed E-state index contributed by atoms with van der Waals surface area (Å²) in [6.07, 6.45) is 0.753. The lowest BCUT2D eigenvalue weighted by Gasteiger charge is -2.22. The van der Waals surface area contributed by atoms with Crippen molar-refractivity contribution < 1.29 is 38.9 Å². The molecule has 4 rings (SSSR count). The van der Waals surface area contributed by atoms with Crippen LogP contribution in [0, 0.1) is 0 Å². The maximum Gasteiger partial charge on any atom is 0.411 e. The zero-order valence-corrected chi connectivity index (χ0v) is 23.0. The van der Waals surface area contributed by atoms with E-state index in [0.29, 0.717) is 16.8 Å². The van der Waals surface area contributed by atoms with Crippen LogP contribution in [-0.2, 0) is 43.4 Å². The number of H-pyrrole nitrogens is 1. The molecule has 0 aliphatic rings. The van der Waals surface area contributed by atoms with E-state index in [9.17, 15) is 34.2 Å². The molecule has 4 aromatic rings. The van der Waals surface area contributed by atoms with Gasteiger partial charge in [-0.1, -0.05) is 60.7 Å². The molecule has 1 atom stereocenters. The Labute approximate surface area is 246 Å². The highest BCUT2D eigenvalue weighted by Crippen LogP contribution is 2.19. The van der Waals surface area contributed by atoms with Crippen molar-refractivity contribution in [3.05, 3.63) is 102 Å². The average Bonchev–Trinajstić information content (AvgIpc) is 3.39. The summed E-state index contributed by atoms with van der Waals surface area (Å²) in [6.45, 7) is -1.26. The zero-order chi connectivity index (χ0) is 30.8. The van der Waals surface area contributed by atoms with E-state index in [4.69, 9.17) is 4.74 Å². The number of carboxylic acids is 2. The van der Waals surface area contributed by atoms with Gasteiger partial charge in [-0.25, -0.2) is 9.59 Å². The van der Waals surface area contributed by atoms with Gasteiger partial charge in [0.15, 0.2) is 0 Å². The monoisotopic (exact) mass is 586 g/mol. The number of aliphatic carboxylic acids is 2. The molecule has 12 nitrogen and oxygen atoms in total. The van der Waals surface area contributed by atoms with Gasteiger partial charge in [0.25, 0.3) is 0 Å². The molecule has 43 heavy (non-hydrogen) atoms. The molecule has 1 heterocycles. The normalized spacial score (nSPS) is 11.3. The minimum atomic E-state index is -1.35. The second-order valence-corrected chi connectivity index (χ2v) is 9.73. The molecule has 0 saturated heterocycles. The van der Waals surface area contributed by atoms with Crippen molar-refractivity contribution in [3.63, 3.8) is 0 Å². The number of ether oxygens (including phenoxy) is 1. The number of amides is 3. The number of para-hydroxylation sites is 1. The summed E-state index contributed by atoms with van der Waals surface area (Å²) < 4.78 is 5.18. The molecule has 1 aromatic heterocycles. The number of rotatable bonds is 13. The first kappa shape index (κ1) is 30.3. The highest BCUT2D eigenvalue weighted by Gasteiger charge is 2.25. The number of carbonyl (C=O) groups excluding carboxylic acids is 3. The molecular weight excluding hydrogens is 556 g/mol. The maximum atomic E-state index is 13.0. The zero-order valence-electron chi connectivity index (χ0n) is 23.0. The fourth-order valence-corrected chi connectivity index (χ4v) is 4.40. The third-order valence-electron chi connectivity index (χ3n) is 6.52. The third kappa shape index (κ3) is 8.92. The van der Waals surface area contributed by atoms with Crippen molar-refractivity contribution in [2.24, 2.45) is 0 Å². The van der Waals surface area contributed by atoms with Crippen molar-refractivity contribution >= 4 is 46.4 Å². The van der Waals surface area contributed by atoms with E-state index < -0.39 is 49.0 Å². The number of carboxylic acid groups (broad SMARTS) is 2. The second kappa shape index (κ2) is 14.3. The van der Waals surface area contributed by atoms with Gasteiger partial charge in [0, 0.05) is 29.2 Å². The van der Waals surface area contributed by atoms with Gasteiger partial charge in [-0.15, -0.1) is 0 Å². The summed E-state index contributed by atoms with van der Waals surface area (Å²) in [5.41, 5.74) is 3.26. The van der Waals surface area contributed by atoms with Gasteiger partial charge in [0.1, 0.15) is 25.7 Å². The standard InChI is InChI=1S/C31H30N4O8/c36-27(17-35(18-29(38)39)28(37)15-22-16-32-25-9-5-4-8-24(22)25)34-26(30(40)41)14-20-10-12-23(13-11-20)33-31(42)43-19-21-6-2-1-3-7-21/h1-13,16,26,32H,14-15,17-19H2,(H,33,42)(H,34,36)(H,38,39)(H,40,41)/t26-/m1/s1. The van der Waals surface area contributed by atoms with E-state index in [1.807, 2.05) is 54.6 Å². The molecule has 0 bridgehead atoms. The predicted octanol–water partition coefficient (Wildman–Crippen LogP) is 3.18. The summed E-state index contributed by atoms with van der Waals surface area (Å²) in [5.74, 6) is -4.04. The lowest BCUT2D eigenvalue weighted by molar-refractivity contribution is -0.146. The minimum absolute atomic E-state index is 0.0952. The Balaban J connectivity index is 1.32. The summed E-state index contributed by atoms with van der Waals surface area (Å²) in [4.78, 5) is 65.1. The molecule has 222 valence electrons. The van der Waals surface area contributed by atoms with Crippen LogP contribution in [0.25, 0.3) is 10.9 Å². The molecule has 0 fully saturated rings. The first-order valence-electron chi connectivity index (χ1n) is 13.3. The molecule has 12 heteroatoms. The first-order chi connectivity index (χ1) is 20.7. The Morgan fingerprint density at radius 1 is 0.837 bits per heavy atom. The van der Waals surface area contributed by atoms with E-state index in [1.54, 1.807) is 30.5 Å². The average molecular weight is 587 g/mol. The number of nitrogens with one attached hydrogen (secondary N) is 3. The molecule has 3 aromatic carbocycles. The van der Waals surface area contributed by atoms with Crippen molar-refractivity contribution in [2.45, 2.75) is 25.5 Å². The number of benzene rings is 3. The van der Waals surface area contributed by atoms with Gasteiger partial charge in [0.2, 0.25) is 11.8 Å². The van der Waals surface area contributed by atoms with Crippen molar-refractivity contribution in [2.75, 3.05) is 18.4 Å². The molecule has 0 saturated carbocycles. The number of anilines is 1. The summed E-state index contributed by atoms with van der Waals surface area (Å²) in [7, 11) is 0. The minimum Gasteiger partial charge on any atom is -0.480 e. The second-order valence-electron chi connectivity index (χ2n) is 9.73. The van der Waals surface area contributed by atoms with Crippen LogP contribution in [0.15, 0.2) is 85.1 Å². The van der Waals surface area contributed by atoms with Crippen molar-refractivity contribution in [1.82, 2.24) is 15.2 Å². The Kier molecular flexibility index (Phi) is 10.1. The molecular formula is C31H30N4O8. The number of aromatic nitrogens is 1. The molecule has 0 aliphatic heterocycles. The van der Waals surface area contributed by atoms with Gasteiger partial charge < -0.3 is 30.2 Å². The topological polar surface area (TPSA) is 178 Å². The van der Waals surface area contributed by atoms with Crippen LogP contribution >= 0.6 is 0 Å². The summed E-state index contributed by atoms with van der Waals surface area (Å²) in [6, 6.07) is 21.4. The summed E-state index contributed by atoms with van der Waals surface area (Å²) in [5, 5.41) is 24.8. The van der Waals surface area contributed by atoms with E-state index in [1.165, 1.54) is 0 Å². The van der Waals surface area contributed by atoms with Gasteiger partial charge in [0.05, 0.1) is 6.42 Å². The third-order valence-corrected chi connectivity index (χ3v) is 6.52. The van der Waals surface area contributed by atoms with Crippen molar-refractivity contribution in [3.8, 4) is 0 Å². The SMILES string of the molecule is O=C(O)CN(CC(=O)N[C@H](Cc1ccc(NC(=O)OCc2ccccc2)cc1)C(=O)O)C(=O)Cc1c[nH]c2ccccc12. The number of hydrogen-bond donors (Lipinski definition) is 5. The number of fused-ring (bicyclic) bond motifs is 1. The molecule has 3 amide bonds. The quantitative estimate of drug-likeness (QED) is 0.159. The Morgan fingerprint density at radius 2 is 1.53 bits per heavy atom. The van der Waals surface area contributed by atoms with Crippen LogP contribution in [0.3, 0.4) is 0 Å². The van der Waals surface area contributed by atoms with Crippen LogP contribution in [0.4, 0.5) is 10.5 Å². The Morgan fingerprint density at radius 3 is 2.23 bits per heavy atom. The molecule has 0 spiro atoms. The van der Waals surface area contributed by atoms with Crippen LogP contribution in [0.2, 0.25) is 0 Å². The Hall–Kier alpha value is -5.65. The molecule has 0 radical (unpaired) electrons. The first-order valence-corrected chi connectivity index (χ1v) is 13.3. The van der Waals surface area contributed by atoms with E-state index in [-0.39, 0.29) is 19.4 Å². The van der Waals surface area contributed by atoms with Crippen LogP contribution in [0.1, 0.15) is 16.7 Å². The highest BCUT2D eigenvalue weighted by atomic mass is 16.5. The van der Waals surface area contributed by atoms with Gasteiger partial charge in [-0.3, -0.25) is 19.7 Å². The van der Waals surface area contributed by atoms with E-state index in [0.717, 1.165) is 21.4 Å². The largest absolute Gasteiger partial charge is 0.480 e. The van der Waals surface area contributed by atoms with Crippen molar-refractivity contribution in [1.29, 1.82) is 0 Å². The fourth-order valence-electron chi connectivity index (χ4n) is 4.40. The number of hydrogen-bond acceptors (Lipinski definition) is 6. The molecule has 5 N–H and O–H groups in total. The van der Waals surface area contributed by atoms with E-state index >= 15 is 0 Å². The highest BCUT2D eigenvalue weighted by molar-refractivity contribution is 5.93. The molecule has 0 unspecified atom stereocenters. The maximum absolute atomic E-state index is 13.0. The Bertz CT molecular complexity index is 1600. The van der Waals surface area contributed by atoms with Crippen LogP contribution in [0.5, 0.6) is 0 Å². The van der Waals surface area contributed by atoms with Crippen LogP contribution < -0.4 is 10.6 Å². The summed E-state index contributed by atoms with van der Waals surface area (Å²) >= 11 is 0. The lowest BCUT2D eigenvalue weighted by Crippen LogP contribution is -2.49. The predicted molar refractivity (Wildman–Crippen MR) is 156 cm³/mol.